The number of carbonyl (C=O) groups excluding carboxylic acids is 1. The number of hydrogen-bond donors (Lipinski definition) is 1. The van der Waals surface area contributed by atoms with Crippen LogP contribution in [0.3, 0.4) is 0 Å². The maximum absolute atomic E-state index is 12.7. The molecule has 1 N–H and O–H groups in total. The van der Waals surface area contributed by atoms with Crippen LogP contribution in [-0.4, -0.2) is 23.1 Å². The molecule has 52 heavy (non-hydrogen) atoms. The maximum atomic E-state index is 12.7. The minimum Gasteiger partial charge on any atom is -0.481 e. The molecule has 0 fully saturated rings. The number of allylic oxidation sites excluding steroid dienone is 4. The minimum absolute atomic E-state index is 0.00496. The molecule has 0 saturated carbocycles. The molecule has 0 amide bonds. The number of carbonyl (C=O) groups is 2. The number of hydrogen-bond acceptors (Lipinski definition) is 3. The third kappa shape index (κ3) is 42.8. The summed E-state index contributed by atoms with van der Waals surface area (Å²) in [6.07, 6.45) is 56.5. The summed E-state index contributed by atoms with van der Waals surface area (Å²) < 4.78 is 6.03. The number of ether oxygens (including phenoxy) is 1. The van der Waals surface area contributed by atoms with E-state index in [9.17, 15) is 9.59 Å². The average molecular weight is 731 g/mol. The van der Waals surface area contributed by atoms with E-state index in [1.807, 2.05) is 0 Å². The molecular formula is C48H90O4. The van der Waals surface area contributed by atoms with Gasteiger partial charge in [0.1, 0.15) is 6.10 Å². The van der Waals surface area contributed by atoms with Gasteiger partial charge in [-0.15, -0.1) is 0 Å². The van der Waals surface area contributed by atoms with Gasteiger partial charge in [-0.2, -0.15) is 0 Å². The Morgan fingerprint density at radius 3 is 1.13 bits per heavy atom. The highest BCUT2D eigenvalue weighted by Gasteiger charge is 2.14. The summed E-state index contributed by atoms with van der Waals surface area (Å²) in [7, 11) is 0. The normalized spacial score (nSPS) is 12.3. The third-order valence-electron chi connectivity index (χ3n) is 10.7. The van der Waals surface area contributed by atoms with E-state index in [-0.39, 0.29) is 18.5 Å². The Hall–Kier alpha value is -1.58. The molecule has 0 spiro atoms. The van der Waals surface area contributed by atoms with E-state index in [0.29, 0.717) is 6.42 Å². The zero-order valence-electron chi connectivity index (χ0n) is 35.1. The first kappa shape index (κ1) is 50.4. The van der Waals surface area contributed by atoms with Gasteiger partial charge in [-0.1, -0.05) is 205 Å². The van der Waals surface area contributed by atoms with Crippen LogP contribution in [-0.2, 0) is 14.3 Å². The molecule has 0 aliphatic carbocycles. The minimum atomic E-state index is -0.698. The van der Waals surface area contributed by atoms with Crippen LogP contribution in [0, 0.1) is 0 Å². The lowest BCUT2D eigenvalue weighted by Gasteiger charge is -2.18. The van der Waals surface area contributed by atoms with Gasteiger partial charge in [-0.3, -0.25) is 9.59 Å². The molecule has 0 aromatic heterocycles. The summed E-state index contributed by atoms with van der Waals surface area (Å²) in [5.41, 5.74) is 0. The van der Waals surface area contributed by atoms with Crippen molar-refractivity contribution in [3.63, 3.8) is 0 Å². The summed E-state index contributed by atoms with van der Waals surface area (Å²) in [5.74, 6) is -0.693. The van der Waals surface area contributed by atoms with E-state index in [1.54, 1.807) is 0 Å². The molecule has 1 unspecified atom stereocenters. The molecular weight excluding hydrogens is 641 g/mol. The van der Waals surface area contributed by atoms with Crippen molar-refractivity contribution in [3.05, 3.63) is 24.3 Å². The van der Waals surface area contributed by atoms with Crippen molar-refractivity contribution >= 4 is 11.9 Å². The van der Waals surface area contributed by atoms with E-state index < -0.39 is 5.97 Å². The number of esters is 1. The summed E-state index contributed by atoms with van der Waals surface area (Å²) in [6, 6.07) is 0. The Kier molecular flexibility index (Phi) is 42.5. The van der Waals surface area contributed by atoms with Crippen molar-refractivity contribution in [1.82, 2.24) is 0 Å². The number of unbranched alkanes of at least 4 members (excludes halogenated alkanes) is 30. The molecule has 0 aromatic rings. The van der Waals surface area contributed by atoms with Gasteiger partial charge in [0.2, 0.25) is 0 Å². The first-order chi connectivity index (χ1) is 25.6. The van der Waals surface area contributed by atoms with Gasteiger partial charge >= 0.3 is 11.9 Å². The Morgan fingerprint density at radius 2 is 0.750 bits per heavy atom. The lowest BCUT2D eigenvalue weighted by molar-refractivity contribution is -0.150. The van der Waals surface area contributed by atoms with Gasteiger partial charge in [0, 0.05) is 12.8 Å². The van der Waals surface area contributed by atoms with Gasteiger partial charge < -0.3 is 9.84 Å². The van der Waals surface area contributed by atoms with Crippen LogP contribution < -0.4 is 0 Å². The summed E-state index contributed by atoms with van der Waals surface area (Å²) >= 11 is 0. The van der Waals surface area contributed by atoms with E-state index in [0.717, 1.165) is 70.6 Å². The van der Waals surface area contributed by atoms with Gasteiger partial charge in [-0.25, -0.2) is 0 Å². The van der Waals surface area contributed by atoms with E-state index in [4.69, 9.17) is 9.84 Å². The Bertz CT molecular complexity index is 787. The SMILES string of the molecule is CCCCCCC/C=C\C/C=C\CCCCCCCCCCCCCC(=O)OC(CCCCCCCCCCCCC)CCCCCCCC(=O)O. The fourth-order valence-electron chi connectivity index (χ4n) is 7.22. The Morgan fingerprint density at radius 1 is 0.423 bits per heavy atom. The quantitative estimate of drug-likeness (QED) is 0.0385. The predicted molar refractivity (Wildman–Crippen MR) is 227 cm³/mol. The standard InChI is InChI=1S/C48H90O4/c1-3-5-7-9-11-13-15-16-17-18-19-20-21-22-23-24-25-26-28-30-32-37-41-45-48(51)52-46(43-39-35-33-36-40-44-47(49)50)42-38-34-31-29-27-14-12-10-8-6-4-2/h15-16,18-19,46H,3-14,17,20-45H2,1-2H3,(H,49,50)/b16-15-,19-18-. The van der Waals surface area contributed by atoms with Crippen LogP contribution in [0.2, 0.25) is 0 Å². The number of aliphatic carboxylic acids is 1. The van der Waals surface area contributed by atoms with Crippen molar-refractivity contribution in [2.75, 3.05) is 0 Å². The monoisotopic (exact) mass is 731 g/mol. The van der Waals surface area contributed by atoms with Gasteiger partial charge in [0.15, 0.2) is 0 Å². The smallest absolute Gasteiger partial charge is 0.306 e. The second-order valence-corrected chi connectivity index (χ2v) is 15.9. The molecule has 4 nitrogen and oxygen atoms in total. The van der Waals surface area contributed by atoms with Crippen LogP contribution in [0.1, 0.15) is 264 Å². The highest BCUT2D eigenvalue weighted by molar-refractivity contribution is 5.69. The Labute approximate surface area is 325 Å². The third-order valence-corrected chi connectivity index (χ3v) is 10.7. The highest BCUT2D eigenvalue weighted by Crippen LogP contribution is 2.19. The molecule has 1 atom stereocenters. The lowest BCUT2D eigenvalue weighted by Crippen LogP contribution is -2.18. The molecule has 0 heterocycles. The van der Waals surface area contributed by atoms with Crippen molar-refractivity contribution < 1.29 is 19.4 Å². The van der Waals surface area contributed by atoms with E-state index in [1.165, 1.54) is 167 Å². The fourth-order valence-corrected chi connectivity index (χ4v) is 7.22. The van der Waals surface area contributed by atoms with Crippen molar-refractivity contribution in [2.45, 2.75) is 270 Å². The fraction of sp³-hybridized carbons (Fsp3) is 0.875. The molecule has 4 heteroatoms. The lowest BCUT2D eigenvalue weighted by atomic mass is 10.0. The van der Waals surface area contributed by atoms with E-state index in [2.05, 4.69) is 38.2 Å². The van der Waals surface area contributed by atoms with Crippen molar-refractivity contribution in [3.8, 4) is 0 Å². The molecule has 0 aliphatic heterocycles. The molecule has 0 rings (SSSR count). The topological polar surface area (TPSA) is 63.6 Å². The average Bonchev–Trinajstić information content (AvgIpc) is 3.13. The molecule has 0 saturated heterocycles. The zero-order chi connectivity index (χ0) is 37.8. The first-order valence-electron chi connectivity index (χ1n) is 23.3. The molecule has 0 aliphatic rings. The highest BCUT2D eigenvalue weighted by atomic mass is 16.5. The second kappa shape index (κ2) is 43.8. The summed E-state index contributed by atoms with van der Waals surface area (Å²) in [4.78, 5) is 23.5. The van der Waals surface area contributed by atoms with Gasteiger partial charge in [0.05, 0.1) is 0 Å². The zero-order valence-corrected chi connectivity index (χ0v) is 35.1. The molecule has 0 radical (unpaired) electrons. The summed E-state index contributed by atoms with van der Waals surface area (Å²) in [5, 5.41) is 8.84. The van der Waals surface area contributed by atoms with E-state index >= 15 is 0 Å². The van der Waals surface area contributed by atoms with Gasteiger partial charge in [0.25, 0.3) is 0 Å². The predicted octanol–water partition coefficient (Wildman–Crippen LogP) is 16.3. The van der Waals surface area contributed by atoms with Crippen molar-refractivity contribution in [1.29, 1.82) is 0 Å². The van der Waals surface area contributed by atoms with Crippen LogP contribution in [0.4, 0.5) is 0 Å². The largest absolute Gasteiger partial charge is 0.481 e. The molecule has 0 aromatic carbocycles. The Balaban J connectivity index is 3.86. The number of carboxylic acid groups (broad SMARTS) is 1. The molecule has 0 bridgehead atoms. The van der Waals surface area contributed by atoms with Crippen LogP contribution >= 0.6 is 0 Å². The van der Waals surface area contributed by atoms with Gasteiger partial charge in [-0.05, 0) is 70.6 Å². The van der Waals surface area contributed by atoms with Crippen LogP contribution in [0.15, 0.2) is 24.3 Å². The molecule has 306 valence electrons. The number of rotatable bonds is 43. The second-order valence-electron chi connectivity index (χ2n) is 15.9. The maximum Gasteiger partial charge on any atom is 0.306 e. The van der Waals surface area contributed by atoms with Crippen molar-refractivity contribution in [2.24, 2.45) is 0 Å². The van der Waals surface area contributed by atoms with Crippen LogP contribution in [0.5, 0.6) is 0 Å². The first-order valence-corrected chi connectivity index (χ1v) is 23.3. The van der Waals surface area contributed by atoms with Crippen LogP contribution in [0.25, 0.3) is 0 Å². The number of carboxylic acids is 1. The summed E-state index contributed by atoms with van der Waals surface area (Å²) in [6.45, 7) is 4.55.